The van der Waals surface area contributed by atoms with E-state index in [1.54, 1.807) is 37.3 Å². The van der Waals surface area contributed by atoms with Gasteiger partial charge in [0.05, 0.1) is 16.8 Å². The highest BCUT2D eigenvalue weighted by molar-refractivity contribution is 6.36. The number of imide groups is 1. The lowest BCUT2D eigenvalue weighted by Gasteiger charge is -2.22. The van der Waals surface area contributed by atoms with Crippen LogP contribution >= 0.6 is 11.6 Å². The zero-order chi connectivity index (χ0) is 24.6. The first-order valence-corrected chi connectivity index (χ1v) is 11.2. The highest BCUT2D eigenvalue weighted by Gasteiger charge is 2.37. The van der Waals surface area contributed by atoms with Gasteiger partial charge in [0.15, 0.2) is 6.61 Å². The van der Waals surface area contributed by atoms with Gasteiger partial charge in [0.2, 0.25) is 0 Å². The first kappa shape index (κ1) is 23.5. The van der Waals surface area contributed by atoms with Crippen molar-refractivity contribution in [1.29, 1.82) is 0 Å². The van der Waals surface area contributed by atoms with Gasteiger partial charge in [-0.15, -0.1) is 0 Å². The summed E-state index contributed by atoms with van der Waals surface area (Å²) in [5.41, 5.74) is 3.16. The number of carbonyl (C=O) groups is 3. The lowest BCUT2D eigenvalue weighted by molar-refractivity contribution is -0.118. The number of para-hydroxylation sites is 1. The smallest absolute Gasteiger partial charge is 0.266 e. The number of nitrogens with one attached hydrogen (secondary N) is 1. The molecule has 4 rings (SSSR count). The maximum Gasteiger partial charge on any atom is 0.266 e. The molecule has 0 spiro atoms. The molecule has 3 aromatic rings. The van der Waals surface area contributed by atoms with Crippen molar-refractivity contribution in [1.82, 2.24) is 0 Å². The molecule has 34 heavy (non-hydrogen) atoms. The summed E-state index contributed by atoms with van der Waals surface area (Å²) in [6, 6.07) is 17.3. The standard InChI is InChI=1S/C27H25ClN2O4/c1-16-13-18(29-24(31)15-34-23-8-6-5-7-21(23)27(2,3)4)10-12-22(16)30-25(32)19-11-9-17(28)14-20(19)26(30)33/h5-14H,15H2,1-4H3,(H,29,31). The number of rotatable bonds is 5. The van der Waals surface area contributed by atoms with Crippen LogP contribution in [0.25, 0.3) is 0 Å². The normalized spacial score (nSPS) is 13.1. The molecule has 0 aliphatic carbocycles. The molecule has 1 aliphatic heterocycles. The van der Waals surface area contributed by atoms with Crippen LogP contribution in [-0.2, 0) is 10.2 Å². The predicted octanol–water partition coefficient (Wildman–Crippen LogP) is 5.76. The summed E-state index contributed by atoms with van der Waals surface area (Å²) in [6.07, 6.45) is 0. The van der Waals surface area contributed by atoms with Crippen molar-refractivity contribution in [3.8, 4) is 5.75 Å². The lowest BCUT2D eigenvalue weighted by Crippen LogP contribution is -2.30. The summed E-state index contributed by atoms with van der Waals surface area (Å²) in [6.45, 7) is 7.89. The van der Waals surface area contributed by atoms with E-state index in [2.05, 4.69) is 26.1 Å². The van der Waals surface area contributed by atoms with E-state index in [1.165, 1.54) is 6.07 Å². The van der Waals surface area contributed by atoms with E-state index in [0.717, 1.165) is 10.5 Å². The van der Waals surface area contributed by atoms with E-state index in [0.29, 0.717) is 33.3 Å². The SMILES string of the molecule is Cc1cc(NC(=O)COc2ccccc2C(C)(C)C)ccc1N1C(=O)c2ccc(Cl)cc2C1=O. The fourth-order valence-electron chi connectivity index (χ4n) is 3.97. The molecule has 3 aromatic carbocycles. The van der Waals surface area contributed by atoms with Crippen molar-refractivity contribution < 1.29 is 19.1 Å². The number of aryl methyl sites for hydroxylation is 1. The third-order valence-electron chi connectivity index (χ3n) is 5.62. The van der Waals surface area contributed by atoms with Crippen molar-refractivity contribution >= 4 is 40.7 Å². The highest BCUT2D eigenvalue weighted by Crippen LogP contribution is 2.33. The number of ether oxygens (including phenoxy) is 1. The Hall–Kier alpha value is -3.64. The Labute approximate surface area is 203 Å². The van der Waals surface area contributed by atoms with E-state index in [1.807, 2.05) is 24.3 Å². The second-order valence-electron chi connectivity index (χ2n) is 9.22. The zero-order valence-corrected chi connectivity index (χ0v) is 20.2. The highest BCUT2D eigenvalue weighted by atomic mass is 35.5. The van der Waals surface area contributed by atoms with Crippen molar-refractivity contribution in [2.45, 2.75) is 33.1 Å². The Kier molecular flexibility index (Phi) is 6.19. The van der Waals surface area contributed by atoms with Gasteiger partial charge in [-0.2, -0.15) is 0 Å². The summed E-state index contributed by atoms with van der Waals surface area (Å²) >= 11 is 5.99. The minimum Gasteiger partial charge on any atom is -0.483 e. The Morgan fingerprint density at radius 1 is 0.971 bits per heavy atom. The average molecular weight is 477 g/mol. The molecule has 0 fully saturated rings. The van der Waals surface area contributed by atoms with Gasteiger partial charge in [0.1, 0.15) is 5.75 Å². The van der Waals surface area contributed by atoms with Crippen LogP contribution in [0.15, 0.2) is 60.7 Å². The van der Waals surface area contributed by atoms with E-state index < -0.39 is 11.8 Å². The molecular weight excluding hydrogens is 452 g/mol. The van der Waals surface area contributed by atoms with Gasteiger partial charge in [-0.1, -0.05) is 50.6 Å². The Balaban J connectivity index is 1.46. The largest absolute Gasteiger partial charge is 0.483 e. The molecule has 0 saturated heterocycles. The van der Waals surface area contributed by atoms with Crippen LogP contribution in [0.5, 0.6) is 5.75 Å². The topological polar surface area (TPSA) is 75.7 Å². The number of nitrogens with zero attached hydrogens (tertiary/aromatic N) is 1. The maximum atomic E-state index is 12.9. The number of amides is 3. The molecule has 0 saturated carbocycles. The fraction of sp³-hybridized carbons (Fsp3) is 0.222. The molecule has 3 amide bonds. The monoisotopic (exact) mass is 476 g/mol. The van der Waals surface area contributed by atoms with E-state index in [-0.39, 0.29) is 23.5 Å². The number of hydrogen-bond acceptors (Lipinski definition) is 4. The van der Waals surface area contributed by atoms with Crippen LogP contribution in [0, 0.1) is 6.92 Å². The van der Waals surface area contributed by atoms with Crippen molar-refractivity contribution in [3.63, 3.8) is 0 Å². The summed E-state index contributed by atoms with van der Waals surface area (Å²) in [5, 5.41) is 3.20. The summed E-state index contributed by atoms with van der Waals surface area (Å²) in [5.74, 6) is -0.468. The fourth-order valence-corrected chi connectivity index (χ4v) is 4.14. The molecule has 0 bridgehead atoms. The number of anilines is 2. The van der Waals surface area contributed by atoms with E-state index >= 15 is 0 Å². The zero-order valence-electron chi connectivity index (χ0n) is 19.4. The van der Waals surface area contributed by atoms with E-state index in [4.69, 9.17) is 16.3 Å². The van der Waals surface area contributed by atoms with Gasteiger partial charge >= 0.3 is 0 Å². The Morgan fingerprint density at radius 3 is 2.38 bits per heavy atom. The number of benzene rings is 3. The number of hydrogen-bond donors (Lipinski definition) is 1. The molecule has 0 aromatic heterocycles. The molecule has 0 atom stereocenters. The molecule has 0 unspecified atom stereocenters. The molecule has 174 valence electrons. The van der Waals surface area contributed by atoms with Gasteiger partial charge in [-0.3, -0.25) is 14.4 Å². The third kappa shape index (κ3) is 4.54. The average Bonchev–Trinajstić information content (AvgIpc) is 3.01. The maximum absolute atomic E-state index is 12.9. The second-order valence-corrected chi connectivity index (χ2v) is 9.66. The molecule has 6 nitrogen and oxygen atoms in total. The summed E-state index contributed by atoms with van der Waals surface area (Å²) in [4.78, 5) is 39.3. The van der Waals surface area contributed by atoms with Crippen LogP contribution in [0.4, 0.5) is 11.4 Å². The van der Waals surface area contributed by atoms with Crippen LogP contribution in [0.2, 0.25) is 5.02 Å². The Morgan fingerprint density at radius 2 is 1.68 bits per heavy atom. The lowest BCUT2D eigenvalue weighted by atomic mass is 9.86. The van der Waals surface area contributed by atoms with Gasteiger partial charge in [-0.25, -0.2) is 4.90 Å². The van der Waals surface area contributed by atoms with Crippen molar-refractivity contribution in [3.05, 3.63) is 87.9 Å². The Bertz CT molecular complexity index is 1310. The van der Waals surface area contributed by atoms with Crippen molar-refractivity contribution in [2.75, 3.05) is 16.8 Å². The number of fused-ring (bicyclic) bond motifs is 1. The van der Waals surface area contributed by atoms with Gasteiger partial charge in [0, 0.05) is 10.7 Å². The second kappa shape index (κ2) is 8.95. The van der Waals surface area contributed by atoms with Crippen LogP contribution in [0.3, 0.4) is 0 Å². The van der Waals surface area contributed by atoms with E-state index in [9.17, 15) is 14.4 Å². The molecule has 1 heterocycles. The molecule has 1 aliphatic rings. The van der Waals surface area contributed by atoms with Crippen LogP contribution < -0.4 is 15.0 Å². The molecular formula is C27H25ClN2O4. The molecule has 7 heteroatoms. The van der Waals surface area contributed by atoms with Gasteiger partial charge in [-0.05, 0) is 65.9 Å². The summed E-state index contributed by atoms with van der Waals surface area (Å²) in [7, 11) is 0. The first-order chi connectivity index (χ1) is 16.1. The minimum atomic E-state index is -0.423. The quantitative estimate of drug-likeness (QED) is 0.475. The minimum absolute atomic E-state index is 0.116. The van der Waals surface area contributed by atoms with Gasteiger partial charge < -0.3 is 10.1 Å². The van der Waals surface area contributed by atoms with Crippen LogP contribution in [0.1, 0.15) is 52.6 Å². The number of halogens is 1. The van der Waals surface area contributed by atoms with Crippen LogP contribution in [-0.4, -0.2) is 24.3 Å². The first-order valence-electron chi connectivity index (χ1n) is 10.9. The predicted molar refractivity (Wildman–Crippen MR) is 133 cm³/mol. The number of carbonyl (C=O) groups excluding carboxylic acids is 3. The third-order valence-corrected chi connectivity index (χ3v) is 5.86. The summed E-state index contributed by atoms with van der Waals surface area (Å²) < 4.78 is 5.79. The molecule has 0 radical (unpaired) electrons. The van der Waals surface area contributed by atoms with Crippen molar-refractivity contribution in [2.24, 2.45) is 0 Å². The van der Waals surface area contributed by atoms with Gasteiger partial charge in [0.25, 0.3) is 17.7 Å². The molecule has 1 N–H and O–H groups in total.